The number of aryl methyl sites for hydroxylation is 4. The van der Waals surface area contributed by atoms with Crippen LogP contribution in [0.2, 0.25) is 0 Å². The maximum absolute atomic E-state index is 13.4. The highest BCUT2D eigenvalue weighted by Crippen LogP contribution is 2.33. The molecular formula is C69H87N5O15S4+2. The van der Waals surface area contributed by atoms with Gasteiger partial charge in [0.2, 0.25) is 17.3 Å². The summed E-state index contributed by atoms with van der Waals surface area (Å²) >= 11 is 0. The average Bonchev–Trinajstić information content (AvgIpc) is 0.805. The van der Waals surface area contributed by atoms with Crippen LogP contribution in [-0.4, -0.2) is 127 Å². The van der Waals surface area contributed by atoms with Crippen molar-refractivity contribution in [1.82, 2.24) is 5.32 Å². The van der Waals surface area contributed by atoms with Crippen LogP contribution in [0.3, 0.4) is 0 Å². The minimum atomic E-state index is -4.44. The van der Waals surface area contributed by atoms with Crippen molar-refractivity contribution in [3.05, 3.63) is 179 Å². The summed E-state index contributed by atoms with van der Waals surface area (Å²) in [6.45, 7) is 17.3. The van der Waals surface area contributed by atoms with Gasteiger partial charge in [-0.3, -0.25) is 27.8 Å². The normalized spacial score (nSPS) is 13.5. The summed E-state index contributed by atoms with van der Waals surface area (Å²) in [7, 11) is -17.4. The van der Waals surface area contributed by atoms with Gasteiger partial charge in [-0.05, 0) is 166 Å². The molecule has 0 atom stereocenters. The first-order valence-corrected chi connectivity index (χ1v) is 36.8. The molecule has 6 rings (SSSR count). The fourth-order valence-corrected chi connectivity index (χ4v) is 13.4. The smallest absolute Gasteiger partial charge is 0.303 e. The third-order valence-corrected chi connectivity index (χ3v) is 19.6. The molecule has 20 nitrogen and oxygen atoms in total. The number of allylic oxidation sites excluding steroid dienone is 8. The Balaban J connectivity index is 1.15. The third-order valence-electron chi connectivity index (χ3n) is 16.3. The maximum atomic E-state index is 13.4. The number of nitrogens with one attached hydrogen (secondary N) is 1. The predicted octanol–water partition coefficient (Wildman–Crippen LogP) is 12.9. The number of hydrogen-bond acceptors (Lipinski definition) is 12. The van der Waals surface area contributed by atoms with Gasteiger partial charge in [0.05, 0.1) is 21.3 Å². The van der Waals surface area contributed by atoms with Gasteiger partial charge in [-0.25, -0.2) is 0 Å². The van der Waals surface area contributed by atoms with E-state index in [2.05, 4.69) is 41.4 Å². The Kier molecular flexibility index (Phi) is 26.7. The van der Waals surface area contributed by atoms with Crippen LogP contribution in [0, 0.1) is 27.7 Å². The molecule has 6 aromatic carbocycles. The summed E-state index contributed by atoms with van der Waals surface area (Å²) < 4.78 is 137. The number of hydrogen-bond donors (Lipinski definition) is 6. The van der Waals surface area contributed by atoms with Crippen LogP contribution in [0.15, 0.2) is 161 Å². The lowest BCUT2D eigenvalue weighted by Crippen LogP contribution is -2.24. The van der Waals surface area contributed by atoms with Gasteiger partial charge in [-0.2, -0.15) is 42.8 Å². The molecular weight excluding hydrogens is 1270 g/mol. The zero-order valence-electron chi connectivity index (χ0n) is 54.0. The number of amides is 1. The number of anilines is 2. The SMILES string of the molecule is C\C(=C/C=C/C(C)=[N+](\CCCS(=O)(=O)O)c1ccc(CNC(=O)CCCCCN(/C(C)=C/C=C/C(C)=[N+](\CCCS(=O)(=O)O)c2ccc3cc(S(=O)(=O)O)ccc3c2C)c2ccc3ccccc3c2C)cc1C)N(CCCCCC(=O)O)c1ccc(S(=O)(=O)O)cc1C. The number of rotatable bonds is 34. The van der Waals surface area contributed by atoms with E-state index in [9.17, 15) is 61.5 Å². The van der Waals surface area contributed by atoms with Gasteiger partial charge in [-0.15, -0.1) is 0 Å². The molecule has 93 heavy (non-hydrogen) atoms. The number of carbonyl (C=O) groups is 2. The van der Waals surface area contributed by atoms with Crippen LogP contribution in [0.1, 0.15) is 120 Å². The number of aliphatic carboxylic acids is 1. The molecule has 1 amide bonds. The molecule has 0 radical (unpaired) electrons. The van der Waals surface area contributed by atoms with Gasteiger partial charge < -0.3 is 20.2 Å². The van der Waals surface area contributed by atoms with E-state index in [1.165, 1.54) is 24.3 Å². The minimum Gasteiger partial charge on any atom is -0.481 e. The predicted molar refractivity (Wildman–Crippen MR) is 369 cm³/mol. The third kappa shape index (κ3) is 22.5. The average molecular weight is 1350 g/mol. The van der Waals surface area contributed by atoms with Crippen LogP contribution in [0.5, 0.6) is 0 Å². The van der Waals surface area contributed by atoms with Gasteiger partial charge in [0.15, 0.2) is 11.4 Å². The first kappa shape index (κ1) is 74.4. The number of fused-ring (bicyclic) bond motifs is 2. The molecule has 0 saturated heterocycles. The largest absolute Gasteiger partial charge is 0.481 e. The number of carboxylic acid groups (broad SMARTS) is 1. The van der Waals surface area contributed by atoms with Crippen molar-refractivity contribution in [3.63, 3.8) is 0 Å². The van der Waals surface area contributed by atoms with Gasteiger partial charge in [-0.1, -0.05) is 67.5 Å². The zero-order valence-corrected chi connectivity index (χ0v) is 57.3. The summed E-state index contributed by atoms with van der Waals surface area (Å²) in [5, 5.41) is 15.8. The van der Waals surface area contributed by atoms with E-state index in [0.717, 1.165) is 91.1 Å². The Morgan fingerprint density at radius 1 is 0.505 bits per heavy atom. The maximum Gasteiger partial charge on any atom is 0.303 e. The first-order valence-electron chi connectivity index (χ1n) is 30.7. The lowest BCUT2D eigenvalue weighted by atomic mass is 10.0. The van der Waals surface area contributed by atoms with Crippen LogP contribution >= 0.6 is 0 Å². The fraction of sp³-hybridized carbons (Fsp3) is 0.362. The molecule has 500 valence electrons. The quantitative estimate of drug-likeness (QED) is 0.00719. The summed E-state index contributed by atoms with van der Waals surface area (Å²) in [6.07, 6.45) is 16.0. The van der Waals surface area contributed by atoms with E-state index in [4.69, 9.17) is 5.11 Å². The van der Waals surface area contributed by atoms with Crippen molar-refractivity contribution in [3.8, 4) is 0 Å². The van der Waals surface area contributed by atoms with Crippen LogP contribution < -0.4 is 15.1 Å². The Labute approximate surface area is 548 Å². The fourth-order valence-electron chi connectivity index (χ4n) is 11.3. The van der Waals surface area contributed by atoms with E-state index >= 15 is 0 Å². The number of nitrogens with zero attached hydrogens (tertiary/aromatic N) is 4. The van der Waals surface area contributed by atoms with E-state index in [1.807, 2.05) is 128 Å². The highest BCUT2D eigenvalue weighted by molar-refractivity contribution is 7.86. The van der Waals surface area contributed by atoms with Gasteiger partial charge in [0.25, 0.3) is 40.5 Å². The molecule has 6 aromatic rings. The molecule has 0 aliphatic rings. The lowest BCUT2D eigenvalue weighted by molar-refractivity contribution is -0.440. The minimum absolute atomic E-state index is 0.0432. The van der Waals surface area contributed by atoms with Crippen molar-refractivity contribution in [2.45, 2.75) is 136 Å². The Morgan fingerprint density at radius 2 is 1.01 bits per heavy atom. The number of unbranched alkanes of at least 4 members (excludes halogenated alkanes) is 4. The highest BCUT2D eigenvalue weighted by Gasteiger charge is 2.23. The lowest BCUT2D eigenvalue weighted by Gasteiger charge is -2.28. The molecule has 0 heterocycles. The molecule has 0 aromatic heterocycles. The molecule has 0 saturated carbocycles. The van der Waals surface area contributed by atoms with Crippen molar-refractivity contribution >= 4 is 108 Å². The van der Waals surface area contributed by atoms with E-state index < -0.39 is 57.9 Å². The molecule has 0 aliphatic heterocycles. The Hall–Kier alpha value is -7.68. The van der Waals surface area contributed by atoms with Gasteiger partial charge in [0, 0.05) is 117 Å². The molecule has 0 unspecified atom stereocenters. The van der Waals surface area contributed by atoms with Crippen molar-refractivity contribution in [1.29, 1.82) is 0 Å². The molecule has 6 N–H and O–H groups in total. The summed E-state index contributed by atoms with van der Waals surface area (Å²) in [4.78, 5) is 28.3. The van der Waals surface area contributed by atoms with Crippen molar-refractivity contribution in [2.24, 2.45) is 0 Å². The Morgan fingerprint density at radius 3 is 1.57 bits per heavy atom. The molecule has 24 heteroatoms. The number of carboxylic acids is 1. The Bertz CT molecular complexity index is 4400. The van der Waals surface area contributed by atoms with Crippen molar-refractivity contribution in [2.75, 3.05) is 47.5 Å². The number of carbonyl (C=O) groups excluding carboxylic acids is 1. The molecule has 0 spiro atoms. The number of benzene rings is 6. The van der Waals surface area contributed by atoms with Gasteiger partial charge in [0.1, 0.15) is 13.1 Å². The summed E-state index contributed by atoms with van der Waals surface area (Å²) in [6, 6.07) is 30.5. The molecule has 0 bridgehead atoms. The van der Waals surface area contributed by atoms with E-state index in [1.54, 1.807) is 25.1 Å². The highest BCUT2D eigenvalue weighted by atomic mass is 32.2. The first-order chi connectivity index (χ1) is 43.7. The second-order valence-electron chi connectivity index (χ2n) is 23.3. The van der Waals surface area contributed by atoms with Crippen molar-refractivity contribution < 1.29 is 75.7 Å². The summed E-state index contributed by atoms with van der Waals surface area (Å²) in [5.41, 5.74) is 10.8. The monoisotopic (exact) mass is 1350 g/mol. The summed E-state index contributed by atoms with van der Waals surface area (Å²) in [5.74, 6) is -1.87. The van der Waals surface area contributed by atoms with Gasteiger partial charge >= 0.3 is 5.97 Å². The standard InChI is InChI=1S/C69H85N5O15S4/c1-49-45-57(29-35-64(49)72(41-19-43-90(78,79)80)52(4)22-17-21-51(3)71(39-16-10-12-28-69(76)77)65-38-33-60(46-50(65)2)92(84,85)86)48-70-68(75)27-11-9-15-40-73(66-36-30-58-25-13-14-26-62(58)55(66)7)53(5)23-18-24-54(6)74(42-20-44-91(81,82)83)67-37-31-59-47-61(93(87,88)89)32-34-63(59)56(67)8/h13-14,17-18,21-26,29-38,45-47H,9-12,15-16,19-20,27-28,39-44,48H2,1-8H3,(H4-2,70,75,76,77,78,79,80,81,82,83,84,85,86,87,88,89)/p+2. The van der Waals surface area contributed by atoms with Crippen LogP contribution in [0.25, 0.3) is 21.5 Å². The van der Waals surface area contributed by atoms with Crippen LogP contribution in [-0.2, 0) is 56.6 Å². The van der Waals surface area contributed by atoms with Crippen LogP contribution in [0.4, 0.5) is 22.7 Å². The zero-order chi connectivity index (χ0) is 68.4. The van der Waals surface area contributed by atoms with E-state index in [-0.39, 0.29) is 54.6 Å². The topological polar surface area (TPSA) is 296 Å². The van der Waals surface area contributed by atoms with E-state index in [0.29, 0.717) is 61.8 Å². The second kappa shape index (κ2) is 33.4. The molecule has 0 aliphatic carbocycles. The second-order valence-corrected chi connectivity index (χ2v) is 29.3. The molecule has 0 fully saturated rings.